The Morgan fingerprint density at radius 1 is 1.12 bits per heavy atom. The molecule has 0 saturated carbocycles. The molecule has 0 aliphatic rings. The number of nitrogens with zero attached hydrogens (tertiary/aromatic N) is 1. The Labute approximate surface area is 118 Å². The largest absolute Gasteiger partial charge is 0.399 e. The summed E-state index contributed by atoms with van der Waals surface area (Å²) in [6.45, 7) is 0. The van der Waals surface area contributed by atoms with Crippen LogP contribution in [0.5, 0.6) is 0 Å². The van der Waals surface area contributed by atoms with Gasteiger partial charge >= 0.3 is 0 Å². The summed E-state index contributed by atoms with van der Waals surface area (Å²) in [5, 5.41) is 2.08. The van der Waals surface area contributed by atoms with Gasteiger partial charge in [0.15, 0.2) is 0 Å². The van der Waals surface area contributed by atoms with E-state index in [1.54, 1.807) is 11.3 Å². The molecule has 17 heavy (non-hydrogen) atoms. The fraction of sp³-hybridized carbons (Fsp3) is 0.167. The van der Waals surface area contributed by atoms with E-state index in [4.69, 9.17) is 5.73 Å². The molecule has 2 aromatic rings. The lowest BCUT2D eigenvalue weighted by Crippen LogP contribution is -2.09. The summed E-state index contributed by atoms with van der Waals surface area (Å²) < 4.78 is 0. The molecule has 0 bridgehead atoms. The zero-order valence-electron chi connectivity index (χ0n) is 9.71. The van der Waals surface area contributed by atoms with Crippen molar-refractivity contribution in [2.24, 2.45) is 0 Å². The van der Waals surface area contributed by atoms with Crippen molar-refractivity contribution in [2.75, 3.05) is 24.7 Å². The first-order valence-corrected chi connectivity index (χ1v) is 5.67. The van der Waals surface area contributed by atoms with Crippen molar-refractivity contribution in [3.8, 4) is 10.4 Å². The van der Waals surface area contributed by atoms with E-state index < -0.39 is 0 Å². The molecule has 0 amide bonds. The van der Waals surface area contributed by atoms with Crippen LogP contribution in [0, 0.1) is 0 Å². The van der Waals surface area contributed by atoms with Crippen molar-refractivity contribution < 1.29 is 0 Å². The van der Waals surface area contributed by atoms with Gasteiger partial charge in [-0.1, -0.05) is 6.07 Å². The molecule has 2 rings (SSSR count). The predicted octanol–water partition coefficient (Wildman–Crippen LogP) is 3.91. The quantitative estimate of drug-likeness (QED) is 0.850. The first-order valence-electron chi connectivity index (χ1n) is 4.79. The first-order chi connectivity index (χ1) is 7.18. The van der Waals surface area contributed by atoms with Gasteiger partial charge in [0, 0.05) is 35.9 Å². The van der Waals surface area contributed by atoms with Crippen molar-refractivity contribution in [3.05, 3.63) is 35.7 Å². The number of hydrogen-bond donors (Lipinski definition) is 1. The fourth-order valence-corrected chi connectivity index (χ4v) is 2.32. The van der Waals surface area contributed by atoms with Gasteiger partial charge < -0.3 is 10.6 Å². The minimum atomic E-state index is 0. The molecule has 94 valence electrons. The number of rotatable bonds is 2. The summed E-state index contributed by atoms with van der Waals surface area (Å²) in [7, 11) is 4.09. The van der Waals surface area contributed by atoms with E-state index in [-0.39, 0.29) is 24.8 Å². The van der Waals surface area contributed by atoms with Gasteiger partial charge in [-0.25, -0.2) is 0 Å². The number of nitrogens with two attached hydrogens (primary N) is 1. The lowest BCUT2D eigenvalue weighted by molar-refractivity contribution is 1.13. The molecule has 1 heterocycles. The van der Waals surface area contributed by atoms with E-state index in [0.717, 1.165) is 5.69 Å². The average molecular weight is 291 g/mol. The van der Waals surface area contributed by atoms with Crippen LogP contribution in [0.25, 0.3) is 10.4 Å². The maximum Gasteiger partial charge on any atom is 0.0450 e. The second kappa shape index (κ2) is 6.74. The molecule has 0 unspecified atom stereocenters. The molecule has 0 spiro atoms. The molecule has 0 fully saturated rings. The highest BCUT2D eigenvalue weighted by molar-refractivity contribution is 7.13. The number of nitrogen functional groups attached to an aromatic ring is 1. The van der Waals surface area contributed by atoms with E-state index in [1.165, 1.54) is 16.1 Å². The first kappa shape index (κ1) is 16.1. The maximum atomic E-state index is 5.82. The molecule has 0 saturated heterocycles. The highest BCUT2D eigenvalue weighted by Crippen LogP contribution is 2.34. The Balaban J connectivity index is 0.00000128. The van der Waals surface area contributed by atoms with Crippen LogP contribution in [0.3, 0.4) is 0 Å². The van der Waals surface area contributed by atoms with Gasteiger partial charge in [-0.2, -0.15) is 0 Å². The minimum Gasteiger partial charge on any atom is -0.399 e. The Morgan fingerprint density at radius 2 is 1.82 bits per heavy atom. The molecule has 2 N–H and O–H groups in total. The van der Waals surface area contributed by atoms with Gasteiger partial charge in [-0.05, 0) is 29.6 Å². The lowest BCUT2D eigenvalue weighted by Gasteiger charge is -2.17. The monoisotopic (exact) mass is 290 g/mol. The van der Waals surface area contributed by atoms with Crippen molar-refractivity contribution in [3.63, 3.8) is 0 Å². The molecule has 2 nitrogen and oxygen atoms in total. The second-order valence-corrected chi connectivity index (χ2v) is 4.60. The van der Waals surface area contributed by atoms with Crippen LogP contribution in [-0.4, -0.2) is 14.1 Å². The summed E-state index contributed by atoms with van der Waals surface area (Å²) in [6.07, 6.45) is 0. The summed E-state index contributed by atoms with van der Waals surface area (Å²) in [5.74, 6) is 0. The molecular formula is C12H16Cl2N2S. The molecule has 1 aromatic carbocycles. The van der Waals surface area contributed by atoms with Crippen LogP contribution in [0.15, 0.2) is 35.7 Å². The Hall–Kier alpha value is -0.900. The summed E-state index contributed by atoms with van der Waals surface area (Å²) in [5.41, 5.74) is 9.03. The lowest BCUT2D eigenvalue weighted by atomic mass is 10.1. The number of benzene rings is 1. The average Bonchev–Trinajstić information content (AvgIpc) is 2.69. The topological polar surface area (TPSA) is 29.3 Å². The third-order valence-electron chi connectivity index (χ3n) is 2.29. The standard InChI is InChI=1S/C12H14N2S.2ClH/c1-14(2)11-6-5-9(13)8-10(11)12-4-3-7-15-12;;/h3-8H,13H2,1-2H3;2*1H. The Bertz CT molecular complexity index is 456. The molecule has 5 heteroatoms. The Morgan fingerprint density at radius 3 is 2.35 bits per heavy atom. The SMILES string of the molecule is CN(C)c1ccc(N)cc1-c1cccs1.Cl.Cl. The summed E-state index contributed by atoms with van der Waals surface area (Å²) >= 11 is 1.73. The smallest absolute Gasteiger partial charge is 0.0450 e. The minimum absolute atomic E-state index is 0. The van der Waals surface area contributed by atoms with E-state index in [2.05, 4.69) is 28.5 Å². The number of hydrogen-bond acceptors (Lipinski definition) is 3. The van der Waals surface area contributed by atoms with E-state index >= 15 is 0 Å². The van der Waals surface area contributed by atoms with Crippen molar-refractivity contribution >= 4 is 47.5 Å². The van der Waals surface area contributed by atoms with Crippen LogP contribution in [0.2, 0.25) is 0 Å². The zero-order chi connectivity index (χ0) is 10.8. The van der Waals surface area contributed by atoms with Crippen molar-refractivity contribution in [1.29, 1.82) is 0 Å². The zero-order valence-corrected chi connectivity index (χ0v) is 12.2. The molecule has 0 aliphatic heterocycles. The molecule has 0 radical (unpaired) electrons. The van der Waals surface area contributed by atoms with Crippen LogP contribution in [0.4, 0.5) is 11.4 Å². The highest BCUT2D eigenvalue weighted by atomic mass is 35.5. The van der Waals surface area contributed by atoms with Crippen LogP contribution in [-0.2, 0) is 0 Å². The predicted molar refractivity (Wildman–Crippen MR) is 83.0 cm³/mol. The number of thiophene rings is 1. The van der Waals surface area contributed by atoms with Gasteiger partial charge in [0.05, 0.1) is 0 Å². The van der Waals surface area contributed by atoms with Gasteiger partial charge in [0.25, 0.3) is 0 Å². The van der Waals surface area contributed by atoms with Crippen LogP contribution < -0.4 is 10.6 Å². The maximum absolute atomic E-state index is 5.82. The third-order valence-corrected chi connectivity index (χ3v) is 3.19. The van der Waals surface area contributed by atoms with E-state index in [9.17, 15) is 0 Å². The number of anilines is 2. The van der Waals surface area contributed by atoms with Gasteiger partial charge in [0.2, 0.25) is 0 Å². The van der Waals surface area contributed by atoms with E-state index in [0.29, 0.717) is 0 Å². The highest BCUT2D eigenvalue weighted by Gasteiger charge is 2.07. The molecule has 1 aromatic heterocycles. The van der Waals surface area contributed by atoms with Gasteiger partial charge in [-0.15, -0.1) is 36.2 Å². The summed E-state index contributed by atoms with van der Waals surface area (Å²) in [6, 6.07) is 10.2. The molecular weight excluding hydrogens is 275 g/mol. The normalized spacial score (nSPS) is 9.06. The van der Waals surface area contributed by atoms with Crippen LogP contribution >= 0.6 is 36.2 Å². The summed E-state index contributed by atoms with van der Waals surface area (Å²) in [4.78, 5) is 3.36. The molecule has 0 atom stereocenters. The van der Waals surface area contributed by atoms with Crippen LogP contribution in [0.1, 0.15) is 0 Å². The number of halogens is 2. The molecule has 0 aliphatic carbocycles. The second-order valence-electron chi connectivity index (χ2n) is 3.65. The Kier molecular flexibility index (Phi) is 6.39. The third kappa shape index (κ3) is 3.53. The van der Waals surface area contributed by atoms with Gasteiger partial charge in [-0.3, -0.25) is 0 Å². The van der Waals surface area contributed by atoms with E-state index in [1.807, 2.05) is 26.2 Å². The van der Waals surface area contributed by atoms with Crippen molar-refractivity contribution in [2.45, 2.75) is 0 Å². The van der Waals surface area contributed by atoms with Gasteiger partial charge in [0.1, 0.15) is 0 Å². The fourth-order valence-electron chi connectivity index (χ4n) is 1.57. The van der Waals surface area contributed by atoms with Crippen molar-refractivity contribution in [1.82, 2.24) is 0 Å².